The Hall–Kier alpha value is -3.87. The smallest absolute Gasteiger partial charge is 0.451 e. The number of urea groups is 1. The Morgan fingerprint density at radius 3 is 2.57 bits per heavy atom. The third-order valence-electron chi connectivity index (χ3n) is 6.88. The summed E-state index contributed by atoms with van der Waals surface area (Å²) in [6.45, 7) is -0.305. The van der Waals surface area contributed by atoms with Gasteiger partial charge in [-0.05, 0) is 36.0 Å². The van der Waals surface area contributed by atoms with Crippen LogP contribution in [0.5, 0.6) is 0 Å². The fraction of sp³-hybridized carbons (Fsp3) is 0.400. The zero-order valence-electron chi connectivity index (χ0n) is 20.0. The predicted octanol–water partition coefficient (Wildman–Crippen LogP) is 0.851. The average molecular weight is 512 g/mol. The maximum Gasteiger partial charge on any atom is 0.451 e. The van der Waals surface area contributed by atoms with Gasteiger partial charge in [0.2, 0.25) is 12.3 Å². The Bertz CT molecular complexity index is 1240. The molecule has 1 aromatic carbocycles. The van der Waals surface area contributed by atoms with Crippen molar-refractivity contribution < 1.29 is 47.8 Å². The highest BCUT2D eigenvalue weighted by atomic mass is 16.7. The van der Waals surface area contributed by atoms with Crippen LogP contribution in [0.25, 0.3) is 0 Å². The Morgan fingerprint density at radius 1 is 1.11 bits per heavy atom. The first-order valence-corrected chi connectivity index (χ1v) is 11.9. The first-order chi connectivity index (χ1) is 17.8. The highest BCUT2D eigenvalue weighted by Crippen LogP contribution is 2.35. The summed E-state index contributed by atoms with van der Waals surface area (Å²) in [6.07, 6.45) is 3.19. The third-order valence-corrected chi connectivity index (χ3v) is 6.88. The molecule has 1 saturated heterocycles. The van der Waals surface area contributed by atoms with Gasteiger partial charge in [-0.2, -0.15) is 4.48 Å². The molecule has 4 aliphatic rings. The molecule has 0 saturated carbocycles. The lowest BCUT2D eigenvalue weighted by Gasteiger charge is -2.35. The molecule has 1 fully saturated rings. The van der Waals surface area contributed by atoms with E-state index >= 15 is 0 Å². The monoisotopic (exact) mass is 512 g/mol. The summed E-state index contributed by atoms with van der Waals surface area (Å²) in [7, 11) is 1.46. The minimum absolute atomic E-state index is 0.0513. The number of benzene rings is 1. The standard InChI is InChI=1S/C25H25N3O9/c1-28(10-9-18(27-33)26-25(28)32)24-23-22(36-19(29)7-8-20(30)37-23)17(35-24)13-34-21(31)12-14-5-6-15-3-2-4-16(15)11-14/h5-11,17,22-24H,2-4,12-13H2,1H3,(H-,26,27,29,30,32,33)/p+1/t17-,22-,23-,24-,28?/m1/s1. The molecular formula is C25H26N3O9+. The predicted molar refractivity (Wildman–Crippen MR) is 124 cm³/mol. The minimum atomic E-state index is -1.21. The van der Waals surface area contributed by atoms with E-state index in [9.17, 15) is 19.2 Å². The zero-order chi connectivity index (χ0) is 26.2. The number of quaternary nitrogens is 1. The second-order valence-corrected chi connectivity index (χ2v) is 9.37. The number of amidine groups is 1. The van der Waals surface area contributed by atoms with Gasteiger partial charge in [0.25, 0.3) is 0 Å². The second-order valence-electron chi connectivity index (χ2n) is 9.37. The van der Waals surface area contributed by atoms with Crippen molar-refractivity contribution in [1.29, 1.82) is 0 Å². The molecule has 3 aliphatic heterocycles. The van der Waals surface area contributed by atoms with Crippen LogP contribution in [-0.4, -0.2) is 77.7 Å². The molecule has 5 atom stereocenters. The number of nitrogens with one attached hydrogen (secondary N) is 1. The minimum Gasteiger partial charge on any atom is -0.463 e. The van der Waals surface area contributed by atoms with E-state index in [0.29, 0.717) is 0 Å². The molecule has 37 heavy (non-hydrogen) atoms. The summed E-state index contributed by atoms with van der Waals surface area (Å²) < 4.78 is 21.9. The van der Waals surface area contributed by atoms with Crippen molar-refractivity contribution in [3.8, 4) is 0 Å². The van der Waals surface area contributed by atoms with E-state index in [1.165, 1.54) is 30.5 Å². The van der Waals surface area contributed by atoms with E-state index in [-0.39, 0.29) is 18.9 Å². The maximum absolute atomic E-state index is 12.9. The van der Waals surface area contributed by atoms with Crippen molar-refractivity contribution in [3.05, 3.63) is 59.3 Å². The number of carbonyl (C=O) groups excluding carboxylic acids is 4. The lowest BCUT2D eigenvalue weighted by Crippen LogP contribution is -2.58. The van der Waals surface area contributed by atoms with Gasteiger partial charge in [-0.1, -0.05) is 18.2 Å². The van der Waals surface area contributed by atoms with Gasteiger partial charge in [0.1, 0.15) is 18.9 Å². The van der Waals surface area contributed by atoms with Crippen molar-refractivity contribution in [1.82, 2.24) is 5.48 Å². The number of aryl methyl sites for hydroxylation is 2. The highest BCUT2D eigenvalue weighted by Gasteiger charge is 2.60. The van der Waals surface area contributed by atoms with Gasteiger partial charge >= 0.3 is 23.9 Å². The van der Waals surface area contributed by atoms with Crippen LogP contribution in [0.4, 0.5) is 4.79 Å². The van der Waals surface area contributed by atoms with Crippen LogP contribution in [0.1, 0.15) is 23.1 Å². The number of hydrogen-bond donors (Lipinski definition) is 2. The molecule has 0 radical (unpaired) electrons. The first-order valence-electron chi connectivity index (χ1n) is 11.9. The van der Waals surface area contributed by atoms with Crippen LogP contribution < -0.4 is 5.48 Å². The van der Waals surface area contributed by atoms with E-state index in [4.69, 9.17) is 24.2 Å². The number of rotatable bonds is 5. The Kier molecular flexibility index (Phi) is 6.63. The maximum atomic E-state index is 12.9. The lowest BCUT2D eigenvalue weighted by atomic mass is 10.0. The van der Waals surface area contributed by atoms with Crippen molar-refractivity contribution in [2.45, 2.75) is 50.2 Å². The number of likely N-dealkylation sites (N-methyl/N-ethyl adjacent to an activating group) is 1. The number of hydrogen-bond acceptors (Lipinski definition) is 10. The van der Waals surface area contributed by atoms with E-state index in [0.717, 1.165) is 37.0 Å². The van der Waals surface area contributed by atoms with Crippen molar-refractivity contribution in [3.63, 3.8) is 0 Å². The molecule has 5 rings (SSSR count). The molecule has 2 amide bonds. The van der Waals surface area contributed by atoms with Crippen LogP contribution in [0, 0.1) is 0 Å². The molecular weight excluding hydrogens is 486 g/mol. The normalized spacial score (nSPS) is 31.3. The van der Waals surface area contributed by atoms with Gasteiger partial charge in [-0.3, -0.25) is 15.5 Å². The van der Waals surface area contributed by atoms with Gasteiger partial charge < -0.3 is 18.9 Å². The highest BCUT2D eigenvalue weighted by molar-refractivity contribution is 6.00. The summed E-state index contributed by atoms with van der Waals surface area (Å²) in [5.74, 6) is -2.22. The number of nitrogens with zero attached hydrogens (tertiary/aromatic N) is 2. The summed E-state index contributed by atoms with van der Waals surface area (Å²) in [6, 6.07) is 5.21. The van der Waals surface area contributed by atoms with Crippen molar-refractivity contribution in [2.75, 3.05) is 13.7 Å². The molecule has 12 nitrogen and oxygen atoms in total. The number of esters is 3. The van der Waals surface area contributed by atoms with E-state index in [2.05, 4.69) is 4.99 Å². The quantitative estimate of drug-likeness (QED) is 0.252. The molecule has 12 heteroatoms. The first kappa shape index (κ1) is 24.8. The third kappa shape index (κ3) is 4.90. The van der Waals surface area contributed by atoms with Gasteiger partial charge in [-0.25, -0.2) is 14.4 Å². The Balaban J connectivity index is 1.33. The molecule has 1 unspecified atom stereocenters. The molecule has 0 spiro atoms. The van der Waals surface area contributed by atoms with E-state index in [1.807, 2.05) is 18.2 Å². The van der Waals surface area contributed by atoms with Crippen LogP contribution in [0.3, 0.4) is 0 Å². The number of aliphatic imine (C=N–C) groups is 1. The summed E-state index contributed by atoms with van der Waals surface area (Å²) in [5.41, 5.74) is 5.17. The van der Waals surface area contributed by atoms with Crippen LogP contribution in [0.2, 0.25) is 0 Å². The molecule has 1 aromatic rings. The number of hydroxylamine groups is 1. The topological polar surface area (TPSA) is 150 Å². The number of carbonyl (C=O) groups is 4. The van der Waals surface area contributed by atoms with Crippen molar-refractivity contribution >= 4 is 29.8 Å². The largest absolute Gasteiger partial charge is 0.463 e. The van der Waals surface area contributed by atoms with Crippen LogP contribution in [-0.2, 0) is 52.6 Å². The van der Waals surface area contributed by atoms with E-state index < -0.39 is 53.0 Å². The zero-order valence-corrected chi connectivity index (χ0v) is 20.0. The number of fused-ring (bicyclic) bond motifs is 2. The summed E-state index contributed by atoms with van der Waals surface area (Å²) in [5, 5.41) is 9.07. The van der Waals surface area contributed by atoms with Crippen LogP contribution in [0.15, 0.2) is 47.6 Å². The Morgan fingerprint density at radius 2 is 1.84 bits per heavy atom. The molecule has 1 aliphatic carbocycles. The van der Waals surface area contributed by atoms with Gasteiger partial charge in [0.05, 0.1) is 13.5 Å². The molecule has 0 aromatic heterocycles. The molecule has 0 bridgehead atoms. The summed E-state index contributed by atoms with van der Waals surface area (Å²) >= 11 is 0. The fourth-order valence-electron chi connectivity index (χ4n) is 4.95. The van der Waals surface area contributed by atoms with Gasteiger partial charge in [0, 0.05) is 18.2 Å². The van der Waals surface area contributed by atoms with Gasteiger partial charge in [-0.15, -0.1) is 4.99 Å². The number of ether oxygens (including phenoxy) is 4. The van der Waals surface area contributed by atoms with E-state index in [1.54, 1.807) is 5.48 Å². The SMILES string of the molecule is C[N+]1([C@@H]2O[C@H](COC(=O)Cc3ccc4c(c3)CCC4)[C@H]3OC(=O)/C=C\C(=O)O[C@H]32)C=CC(NO)=NC1=O. The molecule has 3 heterocycles. The molecule has 194 valence electrons. The number of amides is 2. The Labute approximate surface area is 211 Å². The average Bonchev–Trinajstić information content (AvgIpc) is 3.47. The van der Waals surface area contributed by atoms with Crippen LogP contribution >= 0.6 is 0 Å². The fourth-order valence-corrected chi connectivity index (χ4v) is 4.95. The molecule has 2 N–H and O–H groups in total. The van der Waals surface area contributed by atoms with Crippen molar-refractivity contribution in [2.24, 2.45) is 4.99 Å². The van der Waals surface area contributed by atoms with Gasteiger partial charge in [0.15, 0.2) is 11.9 Å². The second kappa shape index (κ2) is 9.88. The summed E-state index contributed by atoms with van der Waals surface area (Å²) in [4.78, 5) is 53.7. The lowest BCUT2D eigenvalue weighted by molar-refractivity contribution is -0.834.